The molecule has 6 atom stereocenters. The standard InChI is InChI=1S/C29H34O5S/c1-3-35(30)29-28(33-21-25-17-11-6-12-18-25)27(32-20-24-15-9-5-10-16-24)26(22(2)34-29)31-19-23-13-7-4-8-14-23/h4-18,22,26-29H,3,19-21H2,1-2H3/t22-,26+,27+,28-,29?,35?/m0/s1. The van der Waals surface area contributed by atoms with Gasteiger partial charge in [-0.05, 0) is 23.6 Å². The lowest BCUT2D eigenvalue weighted by Gasteiger charge is -2.45. The summed E-state index contributed by atoms with van der Waals surface area (Å²) in [7, 11) is -1.23. The van der Waals surface area contributed by atoms with Gasteiger partial charge in [0.1, 0.15) is 18.3 Å². The fourth-order valence-corrected chi connectivity index (χ4v) is 5.41. The van der Waals surface area contributed by atoms with Crippen molar-refractivity contribution in [1.29, 1.82) is 0 Å². The van der Waals surface area contributed by atoms with Gasteiger partial charge in [-0.2, -0.15) is 0 Å². The third kappa shape index (κ3) is 7.09. The summed E-state index contributed by atoms with van der Waals surface area (Å²) in [5.74, 6) is 0.476. The summed E-state index contributed by atoms with van der Waals surface area (Å²) in [6.07, 6.45) is -1.69. The first-order valence-electron chi connectivity index (χ1n) is 12.1. The Bertz CT molecular complexity index is 1030. The predicted octanol–water partition coefficient (Wildman–Crippen LogP) is 5.26. The van der Waals surface area contributed by atoms with E-state index in [-0.39, 0.29) is 12.2 Å². The lowest BCUT2D eigenvalue weighted by atomic mass is 9.99. The van der Waals surface area contributed by atoms with Crippen LogP contribution in [0.15, 0.2) is 91.0 Å². The Morgan fingerprint density at radius 2 is 1.06 bits per heavy atom. The summed E-state index contributed by atoms with van der Waals surface area (Å²) in [6, 6.07) is 30.0. The zero-order valence-corrected chi connectivity index (χ0v) is 21.1. The van der Waals surface area contributed by atoms with E-state index in [1.165, 1.54) is 0 Å². The van der Waals surface area contributed by atoms with Gasteiger partial charge in [-0.15, -0.1) is 0 Å². The van der Waals surface area contributed by atoms with Gasteiger partial charge in [-0.3, -0.25) is 4.21 Å². The highest BCUT2D eigenvalue weighted by Gasteiger charge is 2.48. The van der Waals surface area contributed by atoms with Crippen molar-refractivity contribution >= 4 is 10.8 Å². The first-order chi connectivity index (χ1) is 17.2. The Morgan fingerprint density at radius 3 is 1.49 bits per heavy atom. The molecule has 0 radical (unpaired) electrons. The average molecular weight is 495 g/mol. The van der Waals surface area contributed by atoms with E-state index in [0.29, 0.717) is 25.6 Å². The second kappa shape index (κ2) is 13.1. The van der Waals surface area contributed by atoms with Crippen LogP contribution in [0, 0.1) is 0 Å². The molecular weight excluding hydrogens is 460 g/mol. The molecule has 0 spiro atoms. The van der Waals surface area contributed by atoms with Crippen molar-refractivity contribution in [2.45, 2.75) is 63.5 Å². The Labute approximate surface area is 210 Å². The number of hydrogen-bond acceptors (Lipinski definition) is 5. The first kappa shape index (κ1) is 25.7. The summed E-state index contributed by atoms with van der Waals surface area (Å²) in [5.41, 5.74) is 2.57. The van der Waals surface area contributed by atoms with Gasteiger partial charge in [0.2, 0.25) is 0 Å². The lowest BCUT2D eigenvalue weighted by Crippen LogP contribution is -2.60. The molecule has 1 aliphatic rings. The van der Waals surface area contributed by atoms with E-state index in [1.54, 1.807) is 0 Å². The van der Waals surface area contributed by atoms with E-state index >= 15 is 0 Å². The van der Waals surface area contributed by atoms with Crippen LogP contribution in [0.4, 0.5) is 0 Å². The molecule has 0 aliphatic carbocycles. The number of hydrogen-bond donors (Lipinski definition) is 0. The van der Waals surface area contributed by atoms with Crippen molar-refractivity contribution < 1.29 is 23.2 Å². The Kier molecular flexibility index (Phi) is 9.63. The van der Waals surface area contributed by atoms with Crippen LogP contribution in [0.1, 0.15) is 30.5 Å². The molecule has 186 valence electrons. The average Bonchev–Trinajstić information content (AvgIpc) is 2.91. The van der Waals surface area contributed by atoms with E-state index in [9.17, 15) is 4.21 Å². The van der Waals surface area contributed by atoms with Crippen molar-refractivity contribution in [3.8, 4) is 0 Å². The molecule has 6 heteroatoms. The van der Waals surface area contributed by atoms with Gasteiger partial charge < -0.3 is 18.9 Å². The van der Waals surface area contributed by atoms with Gasteiger partial charge >= 0.3 is 0 Å². The highest BCUT2D eigenvalue weighted by molar-refractivity contribution is 7.85. The van der Waals surface area contributed by atoms with E-state index in [4.69, 9.17) is 18.9 Å². The molecule has 0 bridgehead atoms. The fraction of sp³-hybridized carbons (Fsp3) is 0.379. The predicted molar refractivity (Wildman–Crippen MR) is 138 cm³/mol. The first-order valence-corrected chi connectivity index (χ1v) is 13.5. The Morgan fingerprint density at radius 1 is 0.657 bits per heavy atom. The van der Waals surface area contributed by atoms with Crippen LogP contribution in [0.5, 0.6) is 0 Å². The van der Waals surface area contributed by atoms with Crippen LogP contribution in [0.25, 0.3) is 0 Å². The maximum absolute atomic E-state index is 13.0. The van der Waals surface area contributed by atoms with Crippen molar-refractivity contribution in [1.82, 2.24) is 0 Å². The van der Waals surface area contributed by atoms with Crippen molar-refractivity contribution in [3.05, 3.63) is 108 Å². The third-order valence-corrected chi connectivity index (χ3v) is 7.59. The van der Waals surface area contributed by atoms with Crippen molar-refractivity contribution in [3.63, 3.8) is 0 Å². The molecule has 0 aromatic heterocycles. The topological polar surface area (TPSA) is 54.0 Å². The third-order valence-electron chi connectivity index (χ3n) is 6.13. The quantitative estimate of drug-likeness (QED) is 0.364. The molecule has 0 amide bonds. The number of ether oxygens (including phenoxy) is 4. The SMILES string of the molecule is CCS(=O)C1O[C@@H](C)[C@@H](OCc2ccccc2)[C@@H](OCc2ccccc2)[C@@H]1OCc1ccccc1. The Hall–Kier alpha value is -2.35. The summed E-state index contributed by atoms with van der Waals surface area (Å²) < 4.78 is 38.7. The molecule has 1 fully saturated rings. The van der Waals surface area contributed by atoms with E-state index in [0.717, 1.165) is 16.7 Å². The lowest BCUT2D eigenvalue weighted by molar-refractivity contribution is -0.243. The smallest absolute Gasteiger partial charge is 0.161 e. The van der Waals surface area contributed by atoms with Gasteiger partial charge in [0, 0.05) is 5.75 Å². The second-order valence-corrected chi connectivity index (χ2v) is 10.5. The largest absolute Gasteiger partial charge is 0.368 e. The van der Waals surface area contributed by atoms with Crippen LogP contribution in [0.3, 0.4) is 0 Å². The zero-order valence-electron chi connectivity index (χ0n) is 20.3. The number of benzene rings is 3. The molecule has 3 aromatic rings. The summed E-state index contributed by atoms with van der Waals surface area (Å²) >= 11 is 0. The molecule has 3 aromatic carbocycles. The zero-order chi connectivity index (χ0) is 24.5. The molecule has 1 aliphatic heterocycles. The van der Waals surface area contributed by atoms with Crippen LogP contribution < -0.4 is 0 Å². The van der Waals surface area contributed by atoms with Crippen LogP contribution in [-0.4, -0.2) is 39.8 Å². The molecular formula is C29H34O5S. The van der Waals surface area contributed by atoms with Crippen LogP contribution in [0.2, 0.25) is 0 Å². The minimum absolute atomic E-state index is 0.309. The molecule has 0 N–H and O–H groups in total. The van der Waals surface area contributed by atoms with Crippen LogP contribution in [-0.2, 0) is 49.6 Å². The minimum Gasteiger partial charge on any atom is -0.368 e. The van der Waals surface area contributed by atoms with Gasteiger partial charge in [-0.1, -0.05) is 97.9 Å². The minimum atomic E-state index is -1.23. The van der Waals surface area contributed by atoms with Gasteiger partial charge in [0.05, 0.1) is 36.7 Å². The number of rotatable bonds is 11. The summed E-state index contributed by atoms with van der Waals surface area (Å²) in [4.78, 5) is 0. The second-order valence-electron chi connectivity index (χ2n) is 8.66. The van der Waals surface area contributed by atoms with Crippen LogP contribution >= 0.6 is 0 Å². The maximum Gasteiger partial charge on any atom is 0.161 e. The Balaban J connectivity index is 1.59. The molecule has 4 rings (SSSR count). The monoisotopic (exact) mass is 494 g/mol. The normalized spacial score (nSPS) is 25.3. The van der Waals surface area contributed by atoms with E-state index < -0.39 is 28.4 Å². The van der Waals surface area contributed by atoms with Gasteiger partial charge in [-0.25, -0.2) is 0 Å². The fourth-order valence-electron chi connectivity index (χ4n) is 4.24. The maximum atomic E-state index is 13.0. The molecule has 1 heterocycles. The van der Waals surface area contributed by atoms with E-state index in [2.05, 4.69) is 0 Å². The molecule has 35 heavy (non-hydrogen) atoms. The van der Waals surface area contributed by atoms with Gasteiger partial charge in [0.15, 0.2) is 5.44 Å². The molecule has 5 nitrogen and oxygen atoms in total. The molecule has 0 saturated carbocycles. The van der Waals surface area contributed by atoms with Crippen molar-refractivity contribution in [2.24, 2.45) is 0 Å². The van der Waals surface area contributed by atoms with Crippen molar-refractivity contribution in [2.75, 3.05) is 5.75 Å². The van der Waals surface area contributed by atoms with E-state index in [1.807, 2.05) is 105 Å². The summed E-state index contributed by atoms with van der Waals surface area (Å²) in [6.45, 7) is 5.06. The highest BCUT2D eigenvalue weighted by atomic mass is 32.2. The highest BCUT2D eigenvalue weighted by Crippen LogP contribution is 2.31. The summed E-state index contributed by atoms with van der Waals surface area (Å²) in [5, 5.41) is 0. The molecule has 2 unspecified atom stereocenters. The molecule has 1 saturated heterocycles. The van der Waals surface area contributed by atoms with Gasteiger partial charge in [0.25, 0.3) is 0 Å².